The summed E-state index contributed by atoms with van der Waals surface area (Å²) in [6.07, 6.45) is 4.71. The molecule has 0 saturated heterocycles. The van der Waals surface area contributed by atoms with E-state index in [0.717, 1.165) is 30.3 Å². The summed E-state index contributed by atoms with van der Waals surface area (Å²) in [7, 11) is -1.74. The van der Waals surface area contributed by atoms with Crippen molar-refractivity contribution < 1.29 is 13.2 Å². The van der Waals surface area contributed by atoms with Crippen LogP contribution in [0.25, 0.3) is 22.3 Å². The molecule has 2 heterocycles. The lowest BCUT2D eigenvalue weighted by atomic mass is 10.1. The Morgan fingerprint density at radius 2 is 1.89 bits per heavy atom. The van der Waals surface area contributed by atoms with Crippen LogP contribution in [0.15, 0.2) is 35.4 Å². The number of hydrogen-bond acceptors (Lipinski definition) is 5. The number of sulfone groups is 1. The van der Waals surface area contributed by atoms with E-state index in [1.165, 1.54) is 6.07 Å². The maximum Gasteiger partial charge on any atom is 0.298 e. The first kappa shape index (κ1) is 19.6. The molecule has 3 aromatic rings. The van der Waals surface area contributed by atoms with Gasteiger partial charge < -0.3 is 4.74 Å². The van der Waals surface area contributed by atoms with E-state index in [9.17, 15) is 8.42 Å². The summed E-state index contributed by atoms with van der Waals surface area (Å²) >= 11 is 6.42. The Bertz CT molecular complexity index is 1090. The number of imidazole rings is 1. The first-order valence-corrected chi connectivity index (χ1v) is 11.0. The third kappa shape index (κ3) is 3.53. The maximum absolute atomic E-state index is 11.8. The number of rotatable bonds is 6. The predicted molar refractivity (Wildman–Crippen MR) is 107 cm³/mol. The molecule has 0 N–H and O–H groups in total. The quantitative estimate of drug-likeness (QED) is 0.600. The fraction of sp³-hybridized carbons (Fsp3) is 0.368. The molecule has 0 radical (unpaired) electrons. The van der Waals surface area contributed by atoms with Crippen molar-refractivity contribution in [1.82, 2.24) is 14.5 Å². The van der Waals surface area contributed by atoms with Crippen LogP contribution < -0.4 is 4.74 Å². The van der Waals surface area contributed by atoms with Crippen LogP contribution in [0.3, 0.4) is 0 Å². The fourth-order valence-corrected chi connectivity index (χ4v) is 4.25. The van der Waals surface area contributed by atoms with E-state index in [4.69, 9.17) is 16.3 Å². The second kappa shape index (κ2) is 7.48. The minimum absolute atomic E-state index is 0.182. The molecule has 1 aromatic carbocycles. The lowest BCUT2D eigenvalue weighted by Crippen LogP contribution is -2.09. The van der Waals surface area contributed by atoms with Gasteiger partial charge in [0.15, 0.2) is 15.5 Å². The molecule has 0 fully saturated rings. The lowest BCUT2D eigenvalue weighted by molar-refractivity contribution is 0.332. The smallest absolute Gasteiger partial charge is 0.298 e. The zero-order valence-corrected chi connectivity index (χ0v) is 17.3. The fourth-order valence-electron chi connectivity index (χ4n) is 3.26. The van der Waals surface area contributed by atoms with Gasteiger partial charge in [-0.25, -0.2) is 13.4 Å². The Kier molecular flexibility index (Phi) is 5.44. The molecule has 0 saturated carbocycles. The summed E-state index contributed by atoms with van der Waals surface area (Å²) in [5.74, 6) is 0. The van der Waals surface area contributed by atoms with Gasteiger partial charge in [-0.05, 0) is 31.0 Å². The minimum atomic E-state index is -3.33. The largest absolute Gasteiger partial charge is 0.468 e. The first-order chi connectivity index (χ1) is 12.8. The normalized spacial score (nSPS) is 12.1. The molecule has 0 aliphatic rings. The highest BCUT2D eigenvalue weighted by Crippen LogP contribution is 2.37. The van der Waals surface area contributed by atoms with Crippen LogP contribution in [-0.4, -0.2) is 36.3 Å². The van der Waals surface area contributed by atoms with E-state index < -0.39 is 9.84 Å². The molecule has 0 bridgehead atoms. The van der Waals surface area contributed by atoms with Gasteiger partial charge in [0.2, 0.25) is 0 Å². The van der Waals surface area contributed by atoms with Crippen LogP contribution in [0.1, 0.15) is 32.7 Å². The van der Waals surface area contributed by atoms with E-state index in [0.29, 0.717) is 22.1 Å². The Morgan fingerprint density at radius 3 is 2.44 bits per heavy atom. The van der Waals surface area contributed by atoms with Crippen molar-refractivity contribution in [2.24, 2.45) is 0 Å². The van der Waals surface area contributed by atoms with Crippen molar-refractivity contribution in [1.29, 1.82) is 0 Å². The molecule has 27 heavy (non-hydrogen) atoms. The average molecular weight is 408 g/mol. The van der Waals surface area contributed by atoms with Crippen LogP contribution in [0.2, 0.25) is 5.02 Å². The number of fused-ring (bicyclic) bond motifs is 1. The predicted octanol–water partition coefficient (Wildman–Crippen LogP) is 4.52. The number of halogens is 1. The van der Waals surface area contributed by atoms with Gasteiger partial charge in [0.1, 0.15) is 5.52 Å². The highest BCUT2D eigenvalue weighted by atomic mass is 35.5. The number of methoxy groups -OCH3 is 1. The van der Waals surface area contributed by atoms with Gasteiger partial charge in [0.25, 0.3) is 6.01 Å². The summed E-state index contributed by atoms with van der Waals surface area (Å²) in [6.45, 7) is 4.23. The van der Waals surface area contributed by atoms with Gasteiger partial charge in [-0.3, -0.25) is 4.57 Å². The minimum Gasteiger partial charge on any atom is -0.468 e. The van der Waals surface area contributed by atoms with E-state index in [-0.39, 0.29) is 10.9 Å². The summed E-state index contributed by atoms with van der Waals surface area (Å²) in [4.78, 5) is 9.34. The number of pyridine rings is 1. The van der Waals surface area contributed by atoms with E-state index in [1.54, 1.807) is 25.4 Å². The number of ether oxygens (including phenoxy) is 1. The maximum atomic E-state index is 11.8. The Hall–Kier alpha value is -2.12. The third-order valence-electron chi connectivity index (χ3n) is 4.70. The Morgan fingerprint density at radius 1 is 1.19 bits per heavy atom. The molecule has 0 aliphatic carbocycles. The topological polar surface area (TPSA) is 74.1 Å². The summed E-state index contributed by atoms with van der Waals surface area (Å²) in [5, 5.41) is 0.349. The van der Waals surface area contributed by atoms with Gasteiger partial charge in [0.05, 0.1) is 12.0 Å². The van der Waals surface area contributed by atoms with Gasteiger partial charge >= 0.3 is 0 Å². The number of hydrogen-bond donors (Lipinski definition) is 0. The van der Waals surface area contributed by atoms with Crippen LogP contribution in [-0.2, 0) is 9.84 Å². The number of benzene rings is 1. The summed E-state index contributed by atoms with van der Waals surface area (Å²) in [6, 6.07) is 7.27. The molecule has 3 rings (SSSR count). The lowest BCUT2D eigenvalue weighted by Gasteiger charge is -2.17. The van der Waals surface area contributed by atoms with Gasteiger partial charge in [-0.15, -0.1) is 0 Å². The Balaban J connectivity index is 2.25. The van der Waals surface area contributed by atoms with Gasteiger partial charge in [-0.1, -0.05) is 31.5 Å². The standard InChI is InChI=1S/C19H22ClN3O3S/c1-5-12(6-2)23-18-17(22-19(23)26-3)15(9-10-21-18)14-8-7-13(11-16(14)20)27(4,24)25/h7-12H,5-6H2,1-4H3. The third-order valence-corrected chi connectivity index (χ3v) is 6.12. The van der Waals surface area contributed by atoms with Crippen molar-refractivity contribution in [3.63, 3.8) is 0 Å². The molecular formula is C19H22ClN3O3S. The van der Waals surface area contributed by atoms with Crippen molar-refractivity contribution in [3.05, 3.63) is 35.5 Å². The molecule has 0 amide bonds. The number of aromatic nitrogens is 3. The van der Waals surface area contributed by atoms with Crippen LogP contribution in [0.4, 0.5) is 0 Å². The zero-order valence-electron chi connectivity index (χ0n) is 15.7. The molecule has 6 nitrogen and oxygen atoms in total. The monoisotopic (exact) mass is 407 g/mol. The van der Waals surface area contributed by atoms with Crippen molar-refractivity contribution >= 4 is 32.6 Å². The second-order valence-corrected chi connectivity index (χ2v) is 8.81. The Labute approximate surface area is 164 Å². The second-order valence-electron chi connectivity index (χ2n) is 6.38. The average Bonchev–Trinajstić information content (AvgIpc) is 3.01. The van der Waals surface area contributed by atoms with Crippen molar-refractivity contribution in [2.75, 3.05) is 13.4 Å². The molecule has 0 spiro atoms. The first-order valence-electron chi connectivity index (χ1n) is 8.72. The van der Waals surface area contributed by atoms with Crippen LogP contribution >= 0.6 is 11.6 Å². The van der Waals surface area contributed by atoms with E-state index in [2.05, 4.69) is 23.8 Å². The summed E-state index contributed by atoms with van der Waals surface area (Å²) < 4.78 is 31.1. The SMILES string of the molecule is CCC(CC)n1c(OC)nc2c(-c3ccc(S(C)(=O)=O)cc3Cl)ccnc21. The molecule has 2 aromatic heterocycles. The van der Waals surface area contributed by atoms with E-state index >= 15 is 0 Å². The molecule has 8 heteroatoms. The van der Waals surface area contributed by atoms with Crippen molar-refractivity contribution in [3.8, 4) is 17.1 Å². The molecule has 0 aliphatic heterocycles. The zero-order chi connectivity index (χ0) is 19.8. The summed E-state index contributed by atoms with van der Waals surface area (Å²) in [5.41, 5.74) is 2.89. The molecule has 0 unspecified atom stereocenters. The number of nitrogens with zero attached hydrogens (tertiary/aromatic N) is 3. The molecule has 144 valence electrons. The van der Waals surface area contributed by atoms with Gasteiger partial charge in [-0.2, -0.15) is 4.98 Å². The van der Waals surface area contributed by atoms with E-state index in [1.807, 2.05) is 10.6 Å². The highest BCUT2D eigenvalue weighted by Gasteiger charge is 2.22. The molecule has 0 atom stereocenters. The molecular weight excluding hydrogens is 386 g/mol. The van der Waals surface area contributed by atoms with Crippen molar-refractivity contribution in [2.45, 2.75) is 37.6 Å². The van der Waals surface area contributed by atoms with Crippen LogP contribution in [0.5, 0.6) is 6.01 Å². The van der Waals surface area contributed by atoms with Crippen LogP contribution in [0, 0.1) is 0 Å². The van der Waals surface area contributed by atoms with Gasteiger partial charge in [0, 0.05) is 34.6 Å². The highest BCUT2D eigenvalue weighted by molar-refractivity contribution is 7.90.